The summed E-state index contributed by atoms with van der Waals surface area (Å²) in [4.78, 5) is 4.52. The molecule has 0 aliphatic carbocycles. The van der Waals surface area contributed by atoms with Crippen molar-refractivity contribution in [2.24, 2.45) is 5.90 Å². The molecule has 0 spiro atoms. The number of hydrogen-bond donors (Lipinski definition) is 1. The van der Waals surface area contributed by atoms with E-state index in [0.717, 1.165) is 12.1 Å². The molecule has 0 bridgehead atoms. The Morgan fingerprint density at radius 1 is 1.14 bits per heavy atom. The van der Waals surface area contributed by atoms with Gasteiger partial charge in [0.15, 0.2) is 17.5 Å². The minimum absolute atomic E-state index is 0.136. The standard InChI is InChI=1S/C9H10F3NO/c1-9(2,14-13)5-3-6(10)8(12)7(11)4-5/h3-4H,13H2,1-2H3. The second kappa shape index (κ2) is 3.59. The van der Waals surface area contributed by atoms with Gasteiger partial charge >= 0.3 is 0 Å². The molecule has 0 fully saturated rings. The highest BCUT2D eigenvalue weighted by Crippen LogP contribution is 2.25. The van der Waals surface area contributed by atoms with Crippen molar-refractivity contribution in [2.75, 3.05) is 0 Å². The van der Waals surface area contributed by atoms with Gasteiger partial charge in [-0.3, -0.25) is 4.84 Å². The van der Waals surface area contributed by atoms with Crippen LogP contribution in [0.25, 0.3) is 0 Å². The number of nitrogens with two attached hydrogens (primary N) is 1. The van der Waals surface area contributed by atoms with Gasteiger partial charge in [-0.25, -0.2) is 19.1 Å². The highest BCUT2D eigenvalue weighted by molar-refractivity contribution is 5.24. The molecule has 0 amide bonds. The molecule has 1 aromatic rings. The van der Waals surface area contributed by atoms with E-state index < -0.39 is 23.1 Å². The predicted molar refractivity (Wildman–Crippen MR) is 44.6 cm³/mol. The average molecular weight is 205 g/mol. The largest absolute Gasteiger partial charge is 0.294 e. The van der Waals surface area contributed by atoms with Gasteiger partial charge in [-0.05, 0) is 31.5 Å². The third-order valence-electron chi connectivity index (χ3n) is 1.97. The van der Waals surface area contributed by atoms with Crippen molar-refractivity contribution >= 4 is 0 Å². The number of rotatable bonds is 2. The summed E-state index contributed by atoms with van der Waals surface area (Å²) in [6.45, 7) is 3.03. The van der Waals surface area contributed by atoms with Crippen molar-refractivity contribution in [3.63, 3.8) is 0 Å². The Morgan fingerprint density at radius 3 is 1.93 bits per heavy atom. The van der Waals surface area contributed by atoms with Crippen molar-refractivity contribution in [3.05, 3.63) is 35.1 Å². The molecule has 0 aliphatic rings. The van der Waals surface area contributed by atoms with E-state index in [0.29, 0.717) is 0 Å². The molecule has 0 aromatic heterocycles. The first-order valence-electron chi connectivity index (χ1n) is 3.91. The van der Waals surface area contributed by atoms with Gasteiger partial charge in [0, 0.05) is 0 Å². The minimum atomic E-state index is -1.50. The lowest BCUT2D eigenvalue weighted by Crippen LogP contribution is -2.25. The van der Waals surface area contributed by atoms with Gasteiger partial charge in [0.1, 0.15) is 5.60 Å². The zero-order valence-corrected chi connectivity index (χ0v) is 7.77. The third-order valence-corrected chi connectivity index (χ3v) is 1.97. The van der Waals surface area contributed by atoms with Crippen LogP contribution in [0.1, 0.15) is 19.4 Å². The fourth-order valence-corrected chi connectivity index (χ4v) is 0.971. The minimum Gasteiger partial charge on any atom is -0.294 e. The number of halogens is 3. The lowest BCUT2D eigenvalue weighted by molar-refractivity contribution is -0.0241. The summed E-state index contributed by atoms with van der Waals surface area (Å²) >= 11 is 0. The lowest BCUT2D eigenvalue weighted by atomic mass is 9.98. The Morgan fingerprint density at radius 2 is 1.57 bits per heavy atom. The summed E-state index contributed by atoms with van der Waals surface area (Å²) in [6, 6.07) is 1.70. The van der Waals surface area contributed by atoms with Crippen LogP contribution in [0.2, 0.25) is 0 Å². The smallest absolute Gasteiger partial charge is 0.194 e. The molecule has 0 atom stereocenters. The van der Waals surface area contributed by atoms with Gasteiger partial charge in [0.05, 0.1) is 0 Å². The molecule has 14 heavy (non-hydrogen) atoms. The average Bonchev–Trinajstić information content (AvgIpc) is 2.13. The molecular formula is C9H10F3NO. The Balaban J connectivity index is 3.26. The van der Waals surface area contributed by atoms with E-state index in [2.05, 4.69) is 4.84 Å². The highest BCUT2D eigenvalue weighted by Gasteiger charge is 2.24. The Labute approximate surface area is 79.4 Å². The highest BCUT2D eigenvalue weighted by atomic mass is 19.2. The SMILES string of the molecule is CC(C)(ON)c1cc(F)c(F)c(F)c1. The maximum atomic E-state index is 12.8. The summed E-state index contributed by atoms with van der Waals surface area (Å²) in [5, 5.41) is 0. The summed E-state index contributed by atoms with van der Waals surface area (Å²) in [6.07, 6.45) is 0. The van der Waals surface area contributed by atoms with Gasteiger partial charge in [-0.2, -0.15) is 0 Å². The molecule has 2 nitrogen and oxygen atoms in total. The molecule has 1 aromatic carbocycles. The fourth-order valence-electron chi connectivity index (χ4n) is 0.971. The molecule has 0 saturated carbocycles. The molecule has 0 aliphatic heterocycles. The lowest BCUT2D eigenvalue weighted by Gasteiger charge is -2.22. The van der Waals surface area contributed by atoms with Crippen LogP contribution in [-0.4, -0.2) is 0 Å². The van der Waals surface area contributed by atoms with Crippen LogP contribution < -0.4 is 5.90 Å². The van der Waals surface area contributed by atoms with Gasteiger partial charge < -0.3 is 0 Å². The van der Waals surface area contributed by atoms with Crippen LogP contribution in [-0.2, 0) is 10.4 Å². The Kier molecular flexibility index (Phi) is 2.82. The second-order valence-electron chi connectivity index (χ2n) is 3.38. The maximum absolute atomic E-state index is 12.8. The van der Waals surface area contributed by atoms with E-state index in [1.54, 1.807) is 0 Å². The molecule has 0 heterocycles. The zero-order valence-electron chi connectivity index (χ0n) is 7.77. The first kappa shape index (κ1) is 11.0. The van der Waals surface area contributed by atoms with E-state index in [9.17, 15) is 13.2 Å². The van der Waals surface area contributed by atoms with Crippen LogP contribution in [0.5, 0.6) is 0 Å². The third kappa shape index (κ3) is 1.88. The maximum Gasteiger partial charge on any atom is 0.194 e. The molecule has 78 valence electrons. The van der Waals surface area contributed by atoms with Crippen molar-refractivity contribution < 1.29 is 18.0 Å². The van der Waals surface area contributed by atoms with E-state index in [1.807, 2.05) is 0 Å². The summed E-state index contributed by atoms with van der Waals surface area (Å²) in [7, 11) is 0. The topological polar surface area (TPSA) is 35.2 Å². The number of benzene rings is 1. The van der Waals surface area contributed by atoms with Gasteiger partial charge in [-0.15, -0.1) is 0 Å². The van der Waals surface area contributed by atoms with Crippen molar-refractivity contribution in [1.82, 2.24) is 0 Å². The quantitative estimate of drug-likeness (QED) is 0.593. The van der Waals surface area contributed by atoms with Crippen molar-refractivity contribution in [2.45, 2.75) is 19.4 Å². The second-order valence-corrected chi connectivity index (χ2v) is 3.38. The van der Waals surface area contributed by atoms with Gasteiger partial charge in [-0.1, -0.05) is 0 Å². The number of hydrogen-bond acceptors (Lipinski definition) is 2. The van der Waals surface area contributed by atoms with Crippen LogP contribution in [0.4, 0.5) is 13.2 Å². The molecule has 2 N–H and O–H groups in total. The van der Waals surface area contributed by atoms with Gasteiger partial charge in [0.2, 0.25) is 0 Å². The van der Waals surface area contributed by atoms with Crippen LogP contribution in [0, 0.1) is 17.5 Å². The zero-order chi connectivity index (χ0) is 10.9. The van der Waals surface area contributed by atoms with Crippen LogP contribution >= 0.6 is 0 Å². The monoisotopic (exact) mass is 205 g/mol. The van der Waals surface area contributed by atoms with Gasteiger partial charge in [0.25, 0.3) is 0 Å². The van der Waals surface area contributed by atoms with Crippen LogP contribution in [0.15, 0.2) is 12.1 Å². The molecule has 0 unspecified atom stereocenters. The summed E-state index contributed by atoms with van der Waals surface area (Å²) < 4.78 is 38.2. The Hall–Kier alpha value is -1.07. The van der Waals surface area contributed by atoms with Crippen molar-refractivity contribution in [1.29, 1.82) is 0 Å². The molecule has 1 rings (SSSR count). The normalized spacial score (nSPS) is 11.9. The van der Waals surface area contributed by atoms with E-state index in [-0.39, 0.29) is 5.56 Å². The summed E-state index contributed by atoms with van der Waals surface area (Å²) in [5.74, 6) is 0.921. The Bertz CT molecular complexity index is 329. The molecule has 0 saturated heterocycles. The first-order valence-corrected chi connectivity index (χ1v) is 3.91. The molecular weight excluding hydrogens is 195 g/mol. The van der Waals surface area contributed by atoms with E-state index >= 15 is 0 Å². The molecule has 0 radical (unpaired) electrons. The first-order chi connectivity index (χ1) is 6.38. The van der Waals surface area contributed by atoms with E-state index in [4.69, 9.17) is 5.90 Å². The fraction of sp³-hybridized carbons (Fsp3) is 0.333. The molecule has 5 heteroatoms. The summed E-state index contributed by atoms with van der Waals surface area (Å²) in [5.41, 5.74) is -0.925. The predicted octanol–water partition coefficient (Wildman–Crippen LogP) is 2.23. The van der Waals surface area contributed by atoms with E-state index in [1.165, 1.54) is 13.8 Å². The van der Waals surface area contributed by atoms with Crippen molar-refractivity contribution in [3.8, 4) is 0 Å². The van der Waals surface area contributed by atoms with Crippen LogP contribution in [0.3, 0.4) is 0 Å².